The van der Waals surface area contributed by atoms with E-state index in [1.807, 2.05) is 38.1 Å². The van der Waals surface area contributed by atoms with Crippen LogP contribution in [0.1, 0.15) is 122 Å². The van der Waals surface area contributed by atoms with Crippen molar-refractivity contribution < 1.29 is 56.8 Å². The minimum Gasteiger partial charge on any atom is -0.493 e. The van der Waals surface area contributed by atoms with Gasteiger partial charge < -0.3 is 72.9 Å². The lowest BCUT2D eigenvalue weighted by Crippen LogP contribution is -2.62. The molecule has 4 N–H and O–H groups in total. The van der Waals surface area contributed by atoms with E-state index >= 15 is 0 Å². The maximum absolute atomic E-state index is 6.75. The zero-order valence-electron chi connectivity index (χ0n) is 42.6. The number of aliphatic imine (C=N–C) groups is 5. The van der Waals surface area contributed by atoms with Gasteiger partial charge in [-0.25, -0.2) is 25.0 Å². The molecule has 0 bridgehead atoms. The Morgan fingerprint density at radius 2 is 1.06 bits per heavy atom. The molecule has 0 radical (unpaired) electrons. The molecule has 21 heteroatoms. The summed E-state index contributed by atoms with van der Waals surface area (Å²) >= 11 is 4.90. The highest BCUT2D eigenvalue weighted by Crippen LogP contribution is 2.53. The number of nitrogens with two attached hydrogens (primary N) is 1. The largest absolute Gasteiger partial charge is 0.493 e. The van der Waals surface area contributed by atoms with Gasteiger partial charge in [0.25, 0.3) is 23.1 Å². The van der Waals surface area contributed by atoms with Crippen molar-refractivity contribution in [1.82, 2.24) is 10.3 Å². The maximum Gasteiger partial charge on any atom is 0.273 e. The molecule has 384 valence electrons. The zero-order chi connectivity index (χ0) is 50.9. The van der Waals surface area contributed by atoms with E-state index in [4.69, 9.17) is 100 Å². The monoisotopic (exact) mass is 1000 g/mol. The maximum atomic E-state index is 6.75. The van der Waals surface area contributed by atoms with Gasteiger partial charge in [-0.05, 0) is 49.9 Å². The number of hydrogen-bond acceptors (Lipinski definition) is 18. The minimum atomic E-state index is -1.50. The van der Waals surface area contributed by atoms with Gasteiger partial charge >= 0.3 is 0 Å². The van der Waals surface area contributed by atoms with Crippen LogP contribution in [0.5, 0.6) is 34.5 Å². The van der Waals surface area contributed by atoms with Gasteiger partial charge in [-0.15, -0.1) is 12.6 Å². The quantitative estimate of drug-likeness (QED) is 0.0652. The molecule has 8 rings (SSSR count). The summed E-state index contributed by atoms with van der Waals surface area (Å²) in [6.07, 6.45) is 5.00. The van der Waals surface area contributed by atoms with Gasteiger partial charge in [0.05, 0.1) is 43.1 Å². The lowest BCUT2D eigenvalue weighted by atomic mass is 10.1. The summed E-state index contributed by atoms with van der Waals surface area (Å²) < 4.78 is 75.2. The van der Waals surface area contributed by atoms with Crippen LogP contribution in [0.3, 0.4) is 0 Å². The normalized spacial score (nSPS) is 26.7. The summed E-state index contributed by atoms with van der Waals surface area (Å²) in [5.41, 5.74) is 8.94. The fourth-order valence-corrected chi connectivity index (χ4v) is 8.62. The Kier molecular flexibility index (Phi) is 14.9. The lowest BCUT2D eigenvalue weighted by molar-refractivity contribution is -0.376. The number of fused-ring (bicyclic) bond motifs is 3. The predicted octanol–water partition coefficient (Wildman–Crippen LogP) is 8.64. The van der Waals surface area contributed by atoms with Gasteiger partial charge in [0.2, 0.25) is 23.0 Å². The van der Waals surface area contributed by atoms with Crippen molar-refractivity contribution in [1.29, 1.82) is 0 Å². The summed E-state index contributed by atoms with van der Waals surface area (Å²) in [4.78, 5) is 28.6. The first-order valence-corrected chi connectivity index (χ1v) is 24.6. The van der Waals surface area contributed by atoms with Crippen LogP contribution in [0.25, 0.3) is 0 Å². The summed E-state index contributed by atoms with van der Waals surface area (Å²) in [6, 6.07) is 7.44. The number of hydrogen-bond donors (Lipinski definition) is 4. The number of nitrogens with zero attached hydrogens (tertiary/aromatic N) is 5. The number of anilines is 1. The standard InChI is InChI=1S/C50H66N8O12S/c1-13-17-25-65-27-19-20-28(66-26-18-14-2)32-31(27)40(54-43-36-35(39(51)52-43)67-47(5,59-9)48(6,60-10)68-36)53-41(32)55-44-37-38(70-50(8,62-12)49(7,61-11)69-37)45(57-44)56-42-33-29(63-23-15-3)21-22-30(64-24-16-4)34(33)46(71)58-42/h19-22,46,52,71H,13-18,23-26,51H2,1-12H3,(H,53,54,55,56,57,58). The number of benzene rings is 2. The molecule has 6 heterocycles. The number of unbranched alkanes of at least 4 members (excludes halogenated alkanes) is 2. The minimum absolute atomic E-state index is 0.145. The van der Waals surface area contributed by atoms with Crippen molar-refractivity contribution in [2.75, 3.05) is 60.6 Å². The van der Waals surface area contributed by atoms with E-state index in [1.165, 1.54) is 28.4 Å². The average molecular weight is 1000 g/mol. The average Bonchev–Trinajstić information content (AvgIpc) is 4.08. The molecular weight excluding hydrogens is 937 g/mol. The molecule has 3 aromatic rings. The second kappa shape index (κ2) is 20.6. The van der Waals surface area contributed by atoms with Crippen LogP contribution in [-0.2, 0) is 28.4 Å². The molecule has 20 nitrogen and oxygen atoms in total. The molecule has 5 unspecified atom stereocenters. The fraction of sp³-hybridized carbons (Fsp3) is 0.540. The predicted molar refractivity (Wildman–Crippen MR) is 272 cm³/mol. The first-order valence-electron chi connectivity index (χ1n) is 24.1. The number of methoxy groups -OCH3 is 4. The van der Waals surface area contributed by atoms with Crippen LogP contribution in [0.15, 0.2) is 60.7 Å². The molecule has 5 atom stereocenters. The van der Waals surface area contributed by atoms with Crippen LogP contribution in [-0.4, -0.2) is 112 Å². The molecule has 0 saturated heterocycles. The summed E-state index contributed by atoms with van der Waals surface area (Å²) in [5.74, 6) is -1.47. The van der Waals surface area contributed by atoms with Gasteiger partial charge in [0.1, 0.15) is 34.2 Å². The Morgan fingerprint density at radius 3 is 1.59 bits per heavy atom. The van der Waals surface area contributed by atoms with Gasteiger partial charge in [0, 0.05) is 61.7 Å². The van der Waals surface area contributed by atoms with Crippen molar-refractivity contribution in [3.05, 3.63) is 58.0 Å². The second-order valence-corrected chi connectivity index (χ2v) is 18.2. The Labute approximate surface area is 419 Å². The van der Waals surface area contributed by atoms with Crippen LogP contribution >= 0.6 is 12.6 Å². The highest BCUT2D eigenvalue weighted by Gasteiger charge is 2.59. The topological polar surface area (TPSA) is 226 Å². The van der Waals surface area contributed by atoms with E-state index in [0.717, 1.165) is 44.1 Å². The Morgan fingerprint density at radius 1 is 0.592 bits per heavy atom. The molecular formula is C50H66N8O12S. The van der Waals surface area contributed by atoms with E-state index in [0.29, 0.717) is 72.0 Å². The number of nitrogens with one attached hydrogen (secondary N) is 2. The van der Waals surface area contributed by atoms with Gasteiger partial charge in [-0.2, -0.15) is 0 Å². The number of aromatic nitrogens is 1. The molecule has 0 aliphatic carbocycles. The van der Waals surface area contributed by atoms with E-state index in [9.17, 15) is 0 Å². The van der Waals surface area contributed by atoms with Crippen molar-refractivity contribution >= 4 is 53.4 Å². The molecule has 0 fully saturated rings. The van der Waals surface area contributed by atoms with Gasteiger partial charge in [-0.1, -0.05) is 40.5 Å². The van der Waals surface area contributed by atoms with E-state index < -0.39 is 28.5 Å². The second-order valence-electron chi connectivity index (χ2n) is 17.7. The first kappa shape index (κ1) is 51.4. The summed E-state index contributed by atoms with van der Waals surface area (Å²) in [5, 5.41) is 2.76. The fourth-order valence-electron chi connectivity index (χ4n) is 8.25. The SMILES string of the molecule is CCCCOc1ccc(OCCCC)c2c1C(N=C1NC(=NC3=NC(S)c4c(OCCC)ccc(OCCC)c43)C3=C1OC(C)(OC)C(C)(OC)O3)=NC2=Nc1[nH]c(N)c2c1OC(C)(OC)C(C)(OC)O2. The Bertz CT molecular complexity index is 2720. The molecule has 71 heavy (non-hydrogen) atoms. The zero-order valence-corrected chi connectivity index (χ0v) is 43.5. The number of aromatic amines is 1. The Balaban J connectivity index is 1.32. The molecule has 0 spiro atoms. The highest BCUT2D eigenvalue weighted by atomic mass is 32.1. The van der Waals surface area contributed by atoms with Crippen molar-refractivity contribution in [3.63, 3.8) is 0 Å². The number of nitrogen functional groups attached to an aromatic ring is 1. The molecule has 0 amide bonds. The third kappa shape index (κ3) is 9.15. The van der Waals surface area contributed by atoms with E-state index in [1.54, 1.807) is 27.7 Å². The number of thiol groups is 1. The van der Waals surface area contributed by atoms with Crippen LogP contribution in [0, 0.1) is 0 Å². The lowest BCUT2D eigenvalue weighted by Gasteiger charge is -2.45. The Hall–Kier alpha value is -6.00. The number of rotatable bonds is 19. The number of ether oxygens (including phenoxy) is 12. The third-order valence-electron chi connectivity index (χ3n) is 13.0. The molecule has 1 aromatic heterocycles. The van der Waals surface area contributed by atoms with Gasteiger partial charge in [-0.3, -0.25) is 0 Å². The number of amidine groups is 5. The first-order chi connectivity index (χ1) is 34.1. The summed E-state index contributed by atoms with van der Waals surface area (Å²) in [7, 11) is 5.98. The van der Waals surface area contributed by atoms with Crippen LogP contribution in [0.2, 0.25) is 0 Å². The molecule has 0 saturated carbocycles. The highest BCUT2D eigenvalue weighted by molar-refractivity contribution is 7.80. The molecule has 5 aliphatic rings. The van der Waals surface area contributed by atoms with E-state index in [-0.39, 0.29) is 58.0 Å². The smallest absolute Gasteiger partial charge is 0.273 e. The van der Waals surface area contributed by atoms with Crippen molar-refractivity contribution in [3.8, 4) is 34.5 Å². The van der Waals surface area contributed by atoms with Crippen LogP contribution in [0.4, 0.5) is 11.6 Å². The number of H-pyrrole nitrogens is 1. The van der Waals surface area contributed by atoms with E-state index in [2.05, 4.69) is 24.1 Å². The molecule has 2 aromatic carbocycles. The third-order valence-corrected chi connectivity index (χ3v) is 13.3. The van der Waals surface area contributed by atoms with Gasteiger partial charge in [0.15, 0.2) is 35.0 Å². The van der Waals surface area contributed by atoms with Crippen molar-refractivity contribution in [2.45, 2.75) is 122 Å². The van der Waals surface area contributed by atoms with Crippen LogP contribution < -0.4 is 39.5 Å². The molecule has 5 aliphatic heterocycles. The summed E-state index contributed by atoms with van der Waals surface area (Å²) in [6.45, 7) is 16.9. The van der Waals surface area contributed by atoms with Crippen molar-refractivity contribution in [2.24, 2.45) is 25.0 Å².